The van der Waals surface area contributed by atoms with Crippen LogP contribution in [0.15, 0.2) is 36.5 Å². The zero-order valence-corrected chi connectivity index (χ0v) is 12.9. The molecule has 0 radical (unpaired) electrons. The van der Waals surface area contributed by atoms with Gasteiger partial charge in [-0.2, -0.15) is 0 Å². The van der Waals surface area contributed by atoms with Gasteiger partial charge in [-0.3, -0.25) is 14.9 Å². The third-order valence-electron chi connectivity index (χ3n) is 3.13. The number of H-pyrrole nitrogens is 1. The van der Waals surface area contributed by atoms with Gasteiger partial charge in [0.25, 0.3) is 11.6 Å². The third-order valence-corrected chi connectivity index (χ3v) is 3.13. The number of esters is 1. The van der Waals surface area contributed by atoms with Crippen molar-refractivity contribution in [2.75, 3.05) is 12.4 Å². The molecule has 9 nitrogen and oxygen atoms in total. The van der Waals surface area contributed by atoms with Crippen molar-refractivity contribution >= 4 is 23.3 Å². The molecule has 0 aliphatic carbocycles. The minimum absolute atomic E-state index is 0.0198. The lowest BCUT2D eigenvalue weighted by atomic mass is 10.2. The molecule has 126 valence electrons. The Balaban J connectivity index is 2.08. The Morgan fingerprint density at radius 2 is 2.08 bits per heavy atom. The number of amides is 1. The van der Waals surface area contributed by atoms with Gasteiger partial charge in [0.05, 0.1) is 18.1 Å². The van der Waals surface area contributed by atoms with Crippen molar-refractivity contribution in [1.82, 2.24) is 4.98 Å². The average Bonchev–Trinajstić information content (AvgIpc) is 3.09. The van der Waals surface area contributed by atoms with E-state index in [1.54, 1.807) is 12.3 Å². The Hall–Kier alpha value is -3.36. The highest BCUT2D eigenvalue weighted by molar-refractivity contribution is 5.98. The predicted molar refractivity (Wildman–Crippen MR) is 83.9 cm³/mol. The van der Waals surface area contributed by atoms with E-state index in [1.165, 1.54) is 38.3 Å². The standard InChI is InChI=1S/C15H15N3O6/c1-9(24-15(20)12-4-3-7-16-12)14(19)17-11-6-5-10(23-2)8-13(11)18(21)22/h3-9,16H,1-2H3,(H,17,19)/t9-/m0/s1. The highest BCUT2D eigenvalue weighted by Crippen LogP contribution is 2.29. The van der Waals surface area contributed by atoms with Crippen molar-refractivity contribution in [1.29, 1.82) is 0 Å². The molecule has 0 spiro atoms. The van der Waals surface area contributed by atoms with E-state index < -0.39 is 22.9 Å². The summed E-state index contributed by atoms with van der Waals surface area (Å²) in [5, 5.41) is 13.5. The van der Waals surface area contributed by atoms with Crippen molar-refractivity contribution in [2.24, 2.45) is 0 Å². The fourth-order valence-corrected chi connectivity index (χ4v) is 1.86. The van der Waals surface area contributed by atoms with Crippen molar-refractivity contribution in [3.63, 3.8) is 0 Å². The van der Waals surface area contributed by atoms with Crippen LogP contribution in [-0.4, -0.2) is 35.0 Å². The summed E-state index contributed by atoms with van der Waals surface area (Å²) in [6.07, 6.45) is 0.407. The normalized spacial score (nSPS) is 11.4. The summed E-state index contributed by atoms with van der Waals surface area (Å²) >= 11 is 0. The van der Waals surface area contributed by atoms with Crippen molar-refractivity contribution in [2.45, 2.75) is 13.0 Å². The second-order valence-corrected chi connectivity index (χ2v) is 4.76. The molecular weight excluding hydrogens is 318 g/mol. The van der Waals surface area contributed by atoms with Gasteiger partial charge in [-0.15, -0.1) is 0 Å². The smallest absolute Gasteiger partial charge is 0.355 e. The summed E-state index contributed by atoms with van der Waals surface area (Å²) in [5.74, 6) is -1.11. The Bertz CT molecular complexity index is 757. The van der Waals surface area contributed by atoms with Crippen LogP contribution in [-0.2, 0) is 9.53 Å². The highest BCUT2D eigenvalue weighted by atomic mass is 16.6. The second kappa shape index (κ2) is 7.27. The molecule has 1 amide bonds. The summed E-state index contributed by atoms with van der Waals surface area (Å²) in [5.41, 5.74) is -0.149. The first kappa shape index (κ1) is 17.0. The second-order valence-electron chi connectivity index (χ2n) is 4.76. The monoisotopic (exact) mass is 333 g/mol. The van der Waals surface area contributed by atoms with E-state index in [-0.39, 0.29) is 22.8 Å². The van der Waals surface area contributed by atoms with Gasteiger partial charge >= 0.3 is 5.97 Å². The summed E-state index contributed by atoms with van der Waals surface area (Å²) in [7, 11) is 1.37. The Kier molecular flexibility index (Phi) is 5.15. The molecule has 0 unspecified atom stereocenters. The van der Waals surface area contributed by atoms with Crippen LogP contribution in [0, 0.1) is 10.1 Å². The topological polar surface area (TPSA) is 124 Å². The van der Waals surface area contributed by atoms with Crippen LogP contribution < -0.4 is 10.1 Å². The number of carbonyl (C=O) groups excluding carboxylic acids is 2. The first-order valence-corrected chi connectivity index (χ1v) is 6.90. The molecule has 0 aliphatic heterocycles. The van der Waals surface area contributed by atoms with Crippen molar-refractivity contribution < 1.29 is 24.0 Å². The molecule has 0 saturated heterocycles. The molecule has 1 atom stereocenters. The number of methoxy groups -OCH3 is 1. The molecule has 1 aromatic heterocycles. The summed E-state index contributed by atoms with van der Waals surface area (Å²) in [4.78, 5) is 37.0. The zero-order chi connectivity index (χ0) is 17.7. The number of rotatable bonds is 6. The maximum Gasteiger partial charge on any atom is 0.355 e. The molecule has 0 fully saturated rings. The summed E-state index contributed by atoms with van der Waals surface area (Å²) in [6, 6.07) is 7.11. The van der Waals surface area contributed by atoms with Gasteiger partial charge < -0.3 is 19.8 Å². The summed E-state index contributed by atoms with van der Waals surface area (Å²) < 4.78 is 9.91. The number of hydrogen-bond donors (Lipinski definition) is 2. The predicted octanol–water partition coefficient (Wildman–Crippen LogP) is 2.12. The minimum atomic E-state index is -1.14. The number of aromatic nitrogens is 1. The minimum Gasteiger partial charge on any atom is -0.496 e. The lowest BCUT2D eigenvalue weighted by Gasteiger charge is -2.13. The quantitative estimate of drug-likeness (QED) is 0.474. The Morgan fingerprint density at radius 3 is 2.67 bits per heavy atom. The van der Waals surface area contributed by atoms with E-state index in [4.69, 9.17) is 9.47 Å². The van der Waals surface area contributed by atoms with Gasteiger partial charge in [-0.05, 0) is 31.2 Å². The molecule has 0 bridgehead atoms. The Morgan fingerprint density at radius 1 is 1.33 bits per heavy atom. The maximum absolute atomic E-state index is 12.1. The highest BCUT2D eigenvalue weighted by Gasteiger charge is 2.23. The molecular formula is C15H15N3O6. The van der Waals surface area contributed by atoms with Crippen LogP contribution in [0.3, 0.4) is 0 Å². The van der Waals surface area contributed by atoms with Gasteiger partial charge in [0, 0.05) is 6.20 Å². The van der Waals surface area contributed by atoms with Crippen molar-refractivity contribution in [3.8, 4) is 5.75 Å². The number of benzene rings is 1. The number of nitro groups is 1. The summed E-state index contributed by atoms with van der Waals surface area (Å²) in [6.45, 7) is 1.37. The van der Waals surface area contributed by atoms with Gasteiger partial charge in [0.2, 0.25) is 0 Å². The van der Waals surface area contributed by atoms with Crippen LogP contribution in [0.2, 0.25) is 0 Å². The number of ether oxygens (including phenoxy) is 2. The number of aromatic amines is 1. The van der Waals surface area contributed by atoms with Gasteiger partial charge in [0.15, 0.2) is 6.10 Å². The van der Waals surface area contributed by atoms with Gasteiger partial charge in [0.1, 0.15) is 17.1 Å². The largest absolute Gasteiger partial charge is 0.496 e. The van der Waals surface area contributed by atoms with E-state index in [0.29, 0.717) is 0 Å². The SMILES string of the molecule is COc1ccc(NC(=O)[C@H](C)OC(=O)c2ccc[nH]2)c([N+](=O)[O-])c1. The number of carbonyl (C=O) groups is 2. The van der Waals surface area contributed by atoms with Crippen molar-refractivity contribution in [3.05, 3.63) is 52.3 Å². The molecule has 1 heterocycles. The van der Waals surface area contributed by atoms with Crippen LogP contribution >= 0.6 is 0 Å². The number of anilines is 1. The number of hydrogen-bond acceptors (Lipinski definition) is 6. The maximum atomic E-state index is 12.1. The molecule has 2 rings (SSSR count). The fraction of sp³-hybridized carbons (Fsp3) is 0.200. The molecule has 1 aromatic carbocycles. The fourth-order valence-electron chi connectivity index (χ4n) is 1.86. The third kappa shape index (κ3) is 3.88. The lowest BCUT2D eigenvalue weighted by molar-refractivity contribution is -0.384. The number of nitro benzene ring substituents is 1. The van der Waals surface area contributed by atoms with Gasteiger partial charge in [-0.1, -0.05) is 0 Å². The van der Waals surface area contributed by atoms with Crippen LogP contribution in [0.4, 0.5) is 11.4 Å². The Labute approximate surface area is 136 Å². The van der Waals surface area contributed by atoms with E-state index in [2.05, 4.69) is 10.3 Å². The molecule has 2 N–H and O–H groups in total. The van der Waals surface area contributed by atoms with Gasteiger partial charge in [-0.25, -0.2) is 4.79 Å². The first-order valence-electron chi connectivity index (χ1n) is 6.90. The van der Waals surface area contributed by atoms with E-state index >= 15 is 0 Å². The molecule has 0 aliphatic rings. The molecule has 0 saturated carbocycles. The van der Waals surface area contributed by atoms with Crippen LogP contribution in [0.25, 0.3) is 0 Å². The first-order chi connectivity index (χ1) is 11.4. The van der Waals surface area contributed by atoms with E-state index in [1.807, 2.05) is 0 Å². The number of nitrogens with one attached hydrogen (secondary N) is 2. The van der Waals surface area contributed by atoms with E-state index in [9.17, 15) is 19.7 Å². The average molecular weight is 333 g/mol. The lowest BCUT2D eigenvalue weighted by Crippen LogP contribution is -2.30. The molecule has 9 heteroatoms. The zero-order valence-electron chi connectivity index (χ0n) is 12.9. The number of nitrogens with zero attached hydrogens (tertiary/aromatic N) is 1. The van der Waals surface area contributed by atoms with Crippen LogP contribution in [0.1, 0.15) is 17.4 Å². The molecule has 24 heavy (non-hydrogen) atoms. The van der Waals surface area contributed by atoms with Crippen LogP contribution in [0.5, 0.6) is 5.75 Å². The molecule has 2 aromatic rings. The van der Waals surface area contributed by atoms with E-state index in [0.717, 1.165) is 0 Å².